The Hall–Kier alpha value is -1.75. The number of nitrogens with two attached hydrogens (primary N) is 1. The second-order valence-electron chi connectivity index (χ2n) is 5.88. The van der Waals surface area contributed by atoms with Crippen molar-refractivity contribution in [1.82, 2.24) is 9.88 Å². The number of nitrogen functional groups attached to an aromatic ring is 1. The molecule has 2 fully saturated rings. The molecule has 4 rings (SSSR count). The SMILES string of the molecule is Nc1ccc2nc(NC3CCN4CCCCC34)oc2c1. The number of rotatable bonds is 2. The normalized spacial score (nSPS) is 26.8. The number of piperidine rings is 1. The molecule has 5 nitrogen and oxygen atoms in total. The van der Waals surface area contributed by atoms with Crippen LogP contribution >= 0.6 is 0 Å². The summed E-state index contributed by atoms with van der Waals surface area (Å²) in [6, 6.07) is 7.32. The number of hydrogen-bond donors (Lipinski definition) is 2. The maximum Gasteiger partial charge on any atom is 0.295 e. The maximum atomic E-state index is 5.77. The van der Waals surface area contributed by atoms with Gasteiger partial charge in [-0.05, 0) is 37.9 Å². The molecule has 2 saturated heterocycles. The fourth-order valence-electron chi connectivity index (χ4n) is 3.58. The number of oxazole rings is 1. The lowest BCUT2D eigenvalue weighted by Crippen LogP contribution is -2.41. The van der Waals surface area contributed by atoms with E-state index in [-0.39, 0.29) is 0 Å². The van der Waals surface area contributed by atoms with E-state index in [1.165, 1.54) is 38.8 Å². The van der Waals surface area contributed by atoms with Crippen LogP contribution < -0.4 is 11.1 Å². The standard InChI is InChI=1S/C15H20N4O/c16-10-4-5-12-14(9-10)20-15(18-12)17-11-6-8-19-7-2-1-3-13(11)19/h4-5,9,11,13H,1-3,6-8,16H2,(H,17,18). The van der Waals surface area contributed by atoms with Gasteiger partial charge in [0.15, 0.2) is 5.58 Å². The summed E-state index contributed by atoms with van der Waals surface area (Å²) in [6.45, 7) is 2.43. The Labute approximate surface area is 118 Å². The van der Waals surface area contributed by atoms with Crippen molar-refractivity contribution in [2.75, 3.05) is 24.1 Å². The van der Waals surface area contributed by atoms with Crippen LogP contribution in [0.15, 0.2) is 22.6 Å². The van der Waals surface area contributed by atoms with E-state index in [4.69, 9.17) is 10.2 Å². The Bertz CT molecular complexity index is 623. The highest BCUT2D eigenvalue weighted by Gasteiger charge is 2.36. The van der Waals surface area contributed by atoms with Crippen molar-refractivity contribution in [2.24, 2.45) is 0 Å². The van der Waals surface area contributed by atoms with E-state index in [1.807, 2.05) is 18.2 Å². The number of hydrogen-bond acceptors (Lipinski definition) is 5. The van der Waals surface area contributed by atoms with E-state index in [2.05, 4.69) is 15.2 Å². The van der Waals surface area contributed by atoms with E-state index in [0.717, 1.165) is 11.1 Å². The Morgan fingerprint density at radius 1 is 1.25 bits per heavy atom. The van der Waals surface area contributed by atoms with Crippen LogP contribution in [0.3, 0.4) is 0 Å². The van der Waals surface area contributed by atoms with Gasteiger partial charge in [-0.25, -0.2) is 0 Å². The Morgan fingerprint density at radius 3 is 3.15 bits per heavy atom. The number of nitrogens with zero attached hydrogens (tertiary/aromatic N) is 2. The van der Waals surface area contributed by atoms with Crippen molar-refractivity contribution in [1.29, 1.82) is 0 Å². The summed E-state index contributed by atoms with van der Waals surface area (Å²) in [7, 11) is 0. The van der Waals surface area contributed by atoms with Gasteiger partial charge in [0, 0.05) is 30.4 Å². The third-order valence-electron chi connectivity index (χ3n) is 4.58. The molecule has 2 unspecified atom stereocenters. The molecular formula is C15H20N4O. The zero-order valence-corrected chi connectivity index (χ0v) is 11.5. The quantitative estimate of drug-likeness (QED) is 0.822. The minimum Gasteiger partial charge on any atom is -0.423 e. The molecule has 0 spiro atoms. The molecule has 2 atom stereocenters. The number of benzene rings is 1. The van der Waals surface area contributed by atoms with Gasteiger partial charge in [0.25, 0.3) is 6.01 Å². The zero-order chi connectivity index (χ0) is 13.5. The summed E-state index contributed by atoms with van der Waals surface area (Å²) < 4.78 is 5.77. The van der Waals surface area contributed by atoms with E-state index in [9.17, 15) is 0 Å². The van der Waals surface area contributed by atoms with E-state index in [1.54, 1.807) is 0 Å². The molecular weight excluding hydrogens is 252 g/mol. The van der Waals surface area contributed by atoms with Crippen LogP contribution in [0, 0.1) is 0 Å². The smallest absolute Gasteiger partial charge is 0.295 e. The molecule has 0 bridgehead atoms. The lowest BCUT2D eigenvalue weighted by Gasteiger charge is -2.32. The van der Waals surface area contributed by atoms with Crippen molar-refractivity contribution in [3.05, 3.63) is 18.2 Å². The summed E-state index contributed by atoms with van der Waals surface area (Å²) in [6.07, 6.45) is 5.13. The third kappa shape index (κ3) is 2.02. The number of aromatic nitrogens is 1. The lowest BCUT2D eigenvalue weighted by atomic mass is 9.99. The van der Waals surface area contributed by atoms with Crippen LogP contribution in [0.25, 0.3) is 11.1 Å². The first-order valence-corrected chi connectivity index (χ1v) is 7.46. The van der Waals surface area contributed by atoms with Gasteiger partial charge in [0.05, 0.1) is 0 Å². The molecule has 0 aliphatic carbocycles. The molecule has 3 N–H and O–H groups in total. The van der Waals surface area contributed by atoms with Crippen LogP contribution in [0.4, 0.5) is 11.7 Å². The maximum absolute atomic E-state index is 5.77. The molecule has 2 aliphatic rings. The molecule has 3 heterocycles. The summed E-state index contributed by atoms with van der Waals surface area (Å²) in [5.41, 5.74) is 8.09. The van der Waals surface area contributed by atoms with Crippen molar-refractivity contribution >= 4 is 22.8 Å². The molecule has 106 valence electrons. The Balaban J connectivity index is 1.55. The van der Waals surface area contributed by atoms with E-state index < -0.39 is 0 Å². The van der Waals surface area contributed by atoms with E-state index in [0.29, 0.717) is 23.8 Å². The molecule has 0 radical (unpaired) electrons. The van der Waals surface area contributed by atoms with Gasteiger partial charge in [0.2, 0.25) is 0 Å². The molecule has 2 aromatic rings. The lowest BCUT2D eigenvalue weighted by molar-refractivity contribution is 0.192. The number of anilines is 2. The van der Waals surface area contributed by atoms with Crippen LogP contribution in [-0.4, -0.2) is 35.1 Å². The molecule has 20 heavy (non-hydrogen) atoms. The predicted molar refractivity (Wildman–Crippen MR) is 79.7 cm³/mol. The largest absolute Gasteiger partial charge is 0.423 e. The van der Waals surface area contributed by atoms with Crippen LogP contribution in [0.5, 0.6) is 0 Å². The van der Waals surface area contributed by atoms with Gasteiger partial charge in [-0.2, -0.15) is 4.98 Å². The van der Waals surface area contributed by atoms with Gasteiger partial charge in [-0.1, -0.05) is 6.42 Å². The highest BCUT2D eigenvalue weighted by molar-refractivity contribution is 5.78. The fraction of sp³-hybridized carbons (Fsp3) is 0.533. The van der Waals surface area contributed by atoms with Crippen molar-refractivity contribution in [3.8, 4) is 0 Å². The van der Waals surface area contributed by atoms with Gasteiger partial charge < -0.3 is 15.5 Å². The number of fused-ring (bicyclic) bond motifs is 2. The fourth-order valence-corrected chi connectivity index (χ4v) is 3.58. The van der Waals surface area contributed by atoms with E-state index >= 15 is 0 Å². The van der Waals surface area contributed by atoms with Crippen molar-refractivity contribution < 1.29 is 4.42 Å². The summed E-state index contributed by atoms with van der Waals surface area (Å²) in [5.74, 6) is 0. The first-order chi connectivity index (χ1) is 9.79. The minimum atomic E-state index is 0.459. The predicted octanol–water partition coefficient (Wildman–Crippen LogP) is 2.45. The summed E-state index contributed by atoms with van der Waals surface area (Å²) >= 11 is 0. The van der Waals surface area contributed by atoms with Crippen molar-refractivity contribution in [3.63, 3.8) is 0 Å². The Morgan fingerprint density at radius 2 is 2.20 bits per heavy atom. The van der Waals surface area contributed by atoms with Crippen molar-refractivity contribution in [2.45, 2.75) is 37.8 Å². The highest BCUT2D eigenvalue weighted by Crippen LogP contribution is 2.30. The van der Waals surface area contributed by atoms with Crippen LogP contribution in [0.1, 0.15) is 25.7 Å². The third-order valence-corrected chi connectivity index (χ3v) is 4.58. The molecule has 0 saturated carbocycles. The monoisotopic (exact) mass is 272 g/mol. The molecule has 5 heteroatoms. The molecule has 1 aromatic heterocycles. The highest BCUT2D eigenvalue weighted by atomic mass is 16.4. The van der Waals surface area contributed by atoms with Gasteiger partial charge >= 0.3 is 0 Å². The summed E-state index contributed by atoms with van der Waals surface area (Å²) in [4.78, 5) is 7.10. The van der Waals surface area contributed by atoms with Gasteiger partial charge in [-0.15, -0.1) is 0 Å². The zero-order valence-electron chi connectivity index (χ0n) is 11.5. The first kappa shape index (κ1) is 12.0. The Kier molecular flexibility index (Phi) is 2.80. The summed E-state index contributed by atoms with van der Waals surface area (Å²) in [5, 5.41) is 3.49. The average molecular weight is 272 g/mol. The topological polar surface area (TPSA) is 67.3 Å². The number of nitrogens with one attached hydrogen (secondary N) is 1. The van der Waals surface area contributed by atoms with Gasteiger partial charge in [-0.3, -0.25) is 4.90 Å². The second kappa shape index (κ2) is 4.66. The second-order valence-corrected chi connectivity index (χ2v) is 5.88. The first-order valence-electron chi connectivity index (χ1n) is 7.46. The van der Waals surface area contributed by atoms with Crippen LogP contribution in [-0.2, 0) is 0 Å². The molecule has 0 amide bonds. The van der Waals surface area contributed by atoms with Gasteiger partial charge in [0.1, 0.15) is 5.52 Å². The average Bonchev–Trinajstić information content (AvgIpc) is 3.03. The minimum absolute atomic E-state index is 0.459. The van der Waals surface area contributed by atoms with Crippen LogP contribution in [0.2, 0.25) is 0 Å². The molecule has 1 aromatic carbocycles. The molecule has 2 aliphatic heterocycles.